The van der Waals surface area contributed by atoms with Crippen molar-refractivity contribution in [3.05, 3.63) is 59.2 Å². The van der Waals surface area contributed by atoms with Gasteiger partial charge >= 0.3 is 0 Å². The van der Waals surface area contributed by atoms with Gasteiger partial charge in [-0.25, -0.2) is 0 Å². The number of carbonyl (C=O) groups is 2. The number of nitrogens with one attached hydrogen (secondary N) is 2. The van der Waals surface area contributed by atoms with E-state index in [4.69, 9.17) is 0 Å². The lowest BCUT2D eigenvalue weighted by molar-refractivity contribution is -0.122. The summed E-state index contributed by atoms with van der Waals surface area (Å²) in [6, 6.07) is 13.9. The Morgan fingerprint density at radius 1 is 0.923 bits per heavy atom. The lowest BCUT2D eigenvalue weighted by Crippen LogP contribution is -2.21. The highest BCUT2D eigenvalue weighted by Gasteiger charge is 2.48. The first-order chi connectivity index (χ1) is 12.5. The Labute approximate surface area is 155 Å². The monoisotopic (exact) mass is 350 g/mol. The van der Waals surface area contributed by atoms with Gasteiger partial charge in [0.25, 0.3) is 0 Å². The van der Waals surface area contributed by atoms with Crippen molar-refractivity contribution < 1.29 is 9.59 Å². The highest BCUT2D eigenvalue weighted by Crippen LogP contribution is 2.40. The van der Waals surface area contributed by atoms with E-state index < -0.39 is 0 Å². The molecule has 4 heteroatoms. The van der Waals surface area contributed by atoms with Crippen molar-refractivity contribution in [1.29, 1.82) is 0 Å². The maximum absolute atomic E-state index is 12.6. The fourth-order valence-electron chi connectivity index (χ4n) is 3.25. The van der Waals surface area contributed by atoms with Crippen LogP contribution < -0.4 is 10.6 Å². The molecule has 136 valence electrons. The summed E-state index contributed by atoms with van der Waals surface area (Å²) in [5.74, 6) is -0.616. The van der Waals surface area contributed by atoms with Crippen LogP contribution in [0.15, 0.2) is 42.5 Å². The fraction of sp³-hybridized carbons (Fsp3) is 0.364. The Balaban J connectivity index is 1.59. The molecule has 1 fully saturated rings. The highest BCUT2D eigenvalue weighted by molar-refractivity contribution is 6.03. The average Bonchev–Trinajstić information content (AvgIpc) is 3.45. The summed E-state index contributed by atoms with van der Waals surface area (Å²) >= 11 is 0. The van der Waals surface area contributed by atoms with Crippen LogP contribution in [-0.2, 0) is 22.4 Å². The molecule has 0 saturated heterocycles. The van der Waals surface area contributed by atoms with Crippen LogP contribution >= 0.6 is 0 Å². The second-order valence-electron chi connectivity index (χ2n) is 6.94. The van der Waals surface area contributed by atoms with Gasteiger partial charge in [-0.2, -0.15) is 0 Å². The summed E-state index contributed by atoms with van der Waals surface area (Å²) in [6.45, 7) is 6.16. The van der Waals surface area contributed by atoms with Gasteiger partial charge in [0.15, 0.2) is 0 Å². The molecule has 0 spiro atoms. The molecule has 1 aliphatic rings. The molecular formula is C22H26N2O2. The van der Waals surface area contributed by atoms with Crippen molar-refractivity contribution >= 4 is 23.2 Å². The van der Waals surface area contributed by atoms with E-state index in [9.17, 15) is 9.59 Å². The van der Waals surface area contributed by atoms with E-state index in [1.165, 1.54) is 5.56 Å². The number of aryl methyl sites for hydroxylation is 3. The second kappa shape index (κ2) is 7.73. The predicted molar refractivity (Wildman–Crippen MR) is 105 cm³/mol. The number of anilines is 2. The first-order valence-corrected chi connectivity index (χ1v) is 9.32. The largest absolute Gasteiger partial charge is 0.326 e. The maximum Gasteiger partial charge on any atom is 0.228 e. The molecule has 0 bridgehead atoms. The minimum atomic E-state index is -0.241. The lowest BCUT2D eigenvalue weighted by Gasteiger charge is -2.13. The van der Waals surface area contributed by atoms with Gasteiger partial charge in [-0.3, -0.25) is 9.59 Å². The van der Waals surface area contributed by atoms with E-state index in [2.05, 4.69) is 24.5 Å². The van der Waals surface area contributed by atoms with Crippen LogP contribution in [0.2, 0.25) is 0 Å². The van der Waals surface area contributed by atoms with E-state index >= 15 is 0 Å². The molecule has 2 N–H and O–H groups in total. The van der Waals surface area contributed by atoms with Gasteiger partial charge in [0.05, 0.1) is 11.8 Å². The summed E-state index contributed by atoms with van der Waals surface area (Å²) in [5, 5.41) is 5.96. The van der Waals surface area contributed by atoms with Crippen molar-refractivity contribution in [3.8, 4) is 0 Å². The number of para-hydroxylation sites is 1. The van der Waals surface area contributed by atoms with Gasteiger partial charge in [0.2, 0.25) is 11.8 Å². The van der Waals surface area contributed by atoms with Gasteiger partial charge in [0, 0.05) is 11.4 Å². The summed E-state index contributed by atoms with van der Waals surface area (Å²) in [6.07, 6.45) is 2.44. The quantitative estimate of drug-likeness (QED) is 0.814. The molecule has 2 amide bonds. The molecular weight excluding hydrogens is 324 g/mol. The standard InChI is InChI=1S/C22H26N2O2/c1-4-15-9-11-17(12-10-15)23-21(25)18-13-19(18)22(26)24-20-14(3)7-6-8-16(20)5-2/h6-12,18-19H,4-5,13H2,1-3H3,(H,23,25)(H,24,26). The van der Waals surface area contributed by atoms with Gasteiger partial charge in [-0.1, -0.05) is 44.2 Å². The number of hydrogen-bond donors (Lipinski definition) is 2. The number of carbonyl (C=O) groups excluding carboxylic acids is 2. The van der Waals surface area contributed by atoms with Crippen LogP contribution in [0.3, 0.4) is 0 Å². The predicted octanol–water partition coefficient (Wildman–Crippen LogP) is 4.33. The second-order valence-corrected chi connectivity index (χ2v) is 6.94. The Morgan fingerprint density at radius 2 is 1.58 bits per heavy atom. The van der Waals surface area contributed by atoms with Crippen molar-refractivity contribution in [2.45, 2.75) is 40.0 Å². The molecule has 26 heavy (non-hydrogen) atoms. The van der Waals surface area contributed by atoms with Gasteiger partial charge in [-0.15, -0.1) is 0 Å². The fourth-order valence-corrected chi connectivity index (χ4v) is 3.25. The van der Waals surface area contributed by atoms with E-state index in [-0.39, 0.29) is 23.7 Å². The zero-order valence-corrected chi connectivity index (χ0v) is 15.6. The van der Waals surface area contributed by atoms with Crippen LogP contribution in [0, 0.1) is 18.8 Å². The topological polar surface area (TPSA) is 58.2 Å². The first kappa shape index (κ1) is 18.2. The third-order valence-electron chi connectivity index (χ3n) is 5.08. The molecule has 1 aliphatic carbocycles. The zero-order chi connectivity index (χ0) is 18.7. The van der Waals surface area contributed by atoms with Crippen molar-refractivity contribution in [1.82, 2.24) is 0 Å². The third-order valence-corrected chi connectivity index (χ3v) is 5.08. The van der Waals surface area contributed by atoms with E-state index in [0.29, 0.717) is 6.42 Å². The van der Waals surface area contributed by atoms with Crippen LogP contribution in [0.1, 0.15) is 37.0 Å². The summed E-state index contributed by atoms with van der Waals surface area (Å²) in [7, 11) is 0. The molecule has 2 atom stereocenters. The zero-order valence-electron chi connectivity index (χ0n) is 15.6. The number of rotatable bonds is 6. The SMILES string of the molecule is CCc1ccc(NC(=O)C2CC2C(=O)Nc2c(C)cccc2CC)cc1. The first-order valence-electron chi connectivity index (χ1n) is 9.32. The normalized spacial score (nSPS) is 18.3. The molecule has 0 heterocycles. The molecule has 2 aromatic rings. The molecule has 2 aromatic carbocycles. The van der Waals surface area contributed by atoms with Crippen LogP contribution in [0.25, 0.3) is 0 Å². The average molecular weight is 350 g/mol. The molecule has 0 aliphatic heterocycles. The Morgan fingerprint density at radius 3 is 2.19 bits per heavy atom. The Kier molecular flexibility index (Phi) is 5.40. The third kappa shape index (κ3) is 3.96. The molecule has 0 radical (unpaired) electrons. The van der Waals surface area contributed by atoms with E-state index in [1.54, 1.807) is 0 Å². The minimum Gasteiger partial charge on any atom is -0.326 e. The Bertz CT molecular complexity index is 811. The highest BCUT2D eigenvalue weighted by atomic mass is 16.2. The molecule has 2 unspecified atom stereocenters. The maximum atomic E-state index is 12.6. The summed E-state index contributed by atoms with van der Waals surface area (Å²) in [5.41, 5.74) is 5.08. The van der Waals surface area contributed by atoms with Crippen LogP contribution in [0.5, 0.6) is 0 Å². The summed E-state index contributed by atoms with van der Waals surface area (Å²) in [4.78, 5) is 25.0. The van der Waals surface area contributed by atoms with Gasteiger partial charge in [-0.05, 0) is 55.0 Å². The van der Waals surface area contributed by atoms with Gasteiger partial charge < -0.3 is 10.6 Å². The van der Waals surface area contributed by atoms with Crippen molar-refractivity contribution in [3.63, 3.8) is 0 Å². The van der Waals surface area contributed by atoms with Crippen LogP contribution in [-0.4, -0.2) is 11.8 Å². The number of hydrogen-bond acceptors (Lipinski definition) is 2. The molecule has 3 rings (SSSR count). The van der Waals surface area contributed by atoms with Gasteiger partial charge in [0.1, 0.15) is 0 Å². The lowest BCUT2D eigenvalue weighted by atomic mass is 10.1. The smallest absolute Gasteiger partial charge is 0.228 e. The Hall–Kier alpha value is -2.62. The summed E-state index contributed by atoms with van der Waals surface area (Å²) < 4.78 is 0. The molecule has 4 nitrogen and oxygen atoms in total. The van der Waals surface area contributed by atoms with E-state index in [0.717, 1.165) is 35.3 Å². The molecule has 1 saturated carbocycles. The number of amides is 2. The van der Waals surface area contributed by atoms with Crippen LogP contribution in [0.4, 0.5) is 11.4 Å². The molecule has 0 aromatic heterocycles. The van der Waals surface area contributed by atoms with Crippen molar-refractivity contribution in [2.24, 2.45) is 11.8 Å². The minimum absolute atomic E-state index is 0.0597. The number of benzene rings is 2. The van der Waals surface area contributed by atoms with E-state index in [1.807, 2.05) is 49.4 Å². The van der Waals surface area contributed by atoms with Crippen molar-refractivity contribution in [2.75, 3.05) is 10.6 Å².